The predicted octanol–water partition coefficient (Wildman–Crippen LogP) is 3.19. The number of hydrogen-bond acceptors (Lipinski definition) is 4. The second-order valence-corrected chi connectivity index (χ2v) is 8.91. The van der Waals surface area contributed by atoms with Gasteiger partial charge in [-0.05, 0) is 42.8 Å². The Labute approximate surface area is 174 Å². The van der Waals surface area contributed by atoms with Crippen LogP contribution in [-0.4, -0.2) is 36.5 Å². The lowest BCUT2D eigenvalue weighted by Crippen LogP contribution is -2.36. The Kier molecular flexibility index (Phi) is 6.90. The summed E-state index contributed by atoms with van der Waals surface area (Å²) in [6.45, 7) is 0.573. The highest BCUT2D eigenvalue weighted by Gasteiger charge is 2.13. The van der Waals surface area contributed by atoms with Crippen molar-refractivity contribution in [1.29, 1.82) is 0 Å². The van der Waals surface area contributed by atoms with E-state index in [0.29, 0.717) is 22.9 Å². The Morgan fingerprint density at radius 2 is 1.76 bits per heavy atom. The van der Waals surface area contributed by atoms with Gasteiger partial charge in [-0.1, -0.05) is 29.8 Å². The van der Waals surface area contributed by atoms with Crippen molar-refractivity contribution >= 4 is 27.5 Å². The Hall–Kier alpha value is -2.84. The minimum Gasteiger partial charge on any atom is -0.338 e. The van der Waals surface area contributed by atoms with Gasteiger partial charge in [0.15, 0.2) is 9.84 Å². The monoisotopic (exact) mass is 432 g/mol. The Morgan fingerprint density at radius 3 is 2.48 bits per heavy atom. The summed E-state index contributed by atoms with van der Waals surface area (Å²) in [5, 5.41) is 10.3. The molecule has 1 heterocycles. The molecule has 0 fully saturated rings. The third-order valence-corrected chi connectivity index (χ3v) is 6.23. The van der Waals surface area contributed by atoms with Crippen molar-refractivity contribution in [2.75, 3.05) is 12.3 Å². The summed E-state index contributed by atoms with van der Waals surface area (Å²) < 4.78 is 26.1. The Morgan fingerprint density at radius 1 is 1.03 bits per heavy atom. The van der Waals surface area contributed by atoms with Crippen LogP contribution in [0.3, 0.4) is 0 Å². The average Bonchev–Trinajstić information content (AvgIpc) is 3.20. The van der Waals surface area contributed by atoms with Gasteiger partial charge >= 0.3 is 6.03 Å². The molecule has 0 aliphatic rings. The number of halogens is 1. The molecule has 0 saturated carbocycles. The number of aromatic nitrogens is 2. The third kappa shape index (κ3) is 6.07. The van der Waals surface area contributed by atoms with Gasteiger partial charge in [-0.2, -0.15) is 5.10 Å². The van der Waals surface area contributed by atoms with E-state index in [0.717, 1.165) is 11.3 Å². The summed E-state index contributed by atoms with van der Waals surface area (Å²) in [6.07, 6.45) is 3.82. The van der Waals surface area contributed by atoms with Crippen LogP contribution in [0, 0.1) is 0 Å². The molecule has 0 radical (unpaired) electrons. The number of urea groups is 1. The zero-order valence-electron chi connectivity index (χ0n) is 15.6. The van der Waals surface area contributed by atoms with Gasteiger partial charge in [0.25, 0.3) is 0 Å². The standard InChI is InChI=1S/C20H21ClN4O3S/c21-17-7-9-18(10-8-17)25-15-16(14-24-25)13-23-20(26)22-11-4-12-29(27,28)19-5-2-1-3-6-19/h1-3,5-10,14-15H,4,11-13H2,(H2,22,23,26). The quantitative estimate of drug-likeness (QED) is 0.534. The minimum absolute atomic E-state index is 0.0227. The smallest absolute Gasteiger partial charge is 0.315 e. The highest BCUT2D eigenvalue weighted by atomic mass is 35.5. The van der Waals surface area contributed by atoms with E-state index in [-0.39, 0.29) is 18.3 Å². The van der Waals surface area contributed by atoms with Gasteiger partial charge in [-0.15, -0.1) is 0 Å². The van der Waals surface area contributed by atoms with Crippen LogP contribution in [0.4, 0.5) is 4.79 Å². The van der Waals surface area contributed by atoms with Crippen molar-refractivity contribution in [1.82, 2.24) is 20.4 Å². The van der Waals surface area contributed by atoms with E-state index in [1.807, 2.05) is 18.3 Å². The molecule has 9 heteroatoms. The molecule has 0 aliphatic carbocycles. The Balaban J connectivity index is 1.40. The normalized spacial score (nSPS) is 11.2. The summed E-state index contributed by atoms with van der Waals surface area (Å²) in [5.74, 6) is -0.0227. The van der Waals surface area contributed by atoms with Gasteiger partial charge in [0.2, 0.25) is 0 Å². The van der Waals surface area contributed by atoms with E-state index in [9.17, 15) is 13.2 Å². The third-order valence-electron chi connectivity index (χ3n) is 4.16. The summed E-state index contributed by atoms with van der Waals surface area (Å²) in [5.41, 5.74) is 1.70. The zero-order chi connectivity index (χ0) is 20.7. The molecule has 29 heavy (non-hydrogen) atoms. The number of carbonyl (C=O) groups is 1. The van der Waals surface area contributed by atoms with Crippen LogP contribution in [0.1, 0.15) is 12.0 Å². The minimum atomic E-state index is -3.33. The van der Waals surface area contributed by atoms with Crippen LogP contribution in [0.15, 0.2) is 71.9 Å². The second-order valence-electron chi connectivity index (χ2n) is 6.36. The molecule has 7 nitrogen and oxygen atoms in total. The number of sulfone groups is 1. The topological polar surface area (TPSA) is 93.1 Å². The number of amides is 2. The van der Waals surface area contributed by atoms with Gasteiger partial charge in [-0.25, -0.2) is 17.9 Å². The largest absolute Gasteiger partial charge is 0.338 e. The van der Waals surface area contributed by atoms with Crippen LogP contribution >= 0.6 is 11.6 Å². The van der Waals surface area contributed by atoms with E-state index in [1.165, 1.54) is 0 Å². The fraction of sp³-hybridized carbons (Fsp3) is 0.200. The molecule has 3 rings (SSSR count). The lowest BCUT2D eigenvalue weighted by atomic mass is 10.3. The van der Waals surface area contributed by atoms with Crippen LogP contribution in [0.5, 0.6) is 0 Å². The maximum atomic E-state index is 12.2. The van der Waals surface area contributed by atoms with Gasteiger partial charge < -0.3 is 10.6 Å². The summed E-state index contributed by atoms with van der Waals surface area (Å²) >= 11 is 5.88. The molecule has 1 aromatic heterocycles. The van der Waals surface area contributed by atoms with Crippen LogP contribution in [0.2, 0.25) is 5.02 Å². The fourth-order valence-corrected chi connectivity index (χ4v) is 4.10. The fourth-order valence-electron chi connectivity index (χ4n) is 2.64. The van der Waals surface area contributed by atoms with Crippen molar-refractivity contribution in [3.8, 4) is 5.69 Å². The van der Waals surface area contributed by atoms with Crippen molar-refractivity contribution in [3.63, 3.8) is 0 Å². The first-order valence-electron chi connectivity index (χ1n) is 9.03. The summed E-state index contributed by atoms with van der Waals surface area (Å²) in [4.78, 5) is 12.2. The number of nitrogens with zero attached hydrogens (tertiary/aromatic N) is 2. The lowest BCUT2D eigenvalue weighted by molar-refractivity contribution is 0.240. The zero-order valence-corrected chi connectivity index (χ0v) is 17.2. The molecule has 0 spiro atoms. The maximum Gasteiger partial charge on any atom is 0.315 e. The second kappa shape index (κ2) is 9.58. The number of hydrogen-bond donors (Lipinski definition) is 2. The molecule has 0 unspecified atom stereocenters. The van der Waals surface area contributed by atoms with E-state index in [1.54, 1.807) is 53.3 Å². The van der Waals surface area contributed by atoms with E-state index >= 15 is 0 Å². The number of nitrogens with one attached hydrogen (secondary N) is 2. The number of carbonyl (C=O) groups excluding carboxylic acids is 1. The van der Waals surface area contributed by atoms with Crippen LogP contribution in [0.25, 0.3) is 5.69 Å². The average molecular weight is 433 g/mol. The molecule has 0 saturated heterocycles. The van der Waals surface area contributed by atoms with E-state index < -0.39 is 9.84 Å². The maximum absolute atomic E-state index is 12.2. The highest BCUT2D eigenvalue weighted by Crippen LogP contribution is 2.13. The van der Waals surface area contributed by atoms with Crippen LogP contribution in [-0.2, 0) is 16.4 Å². The first-order chi connectivity index (χ1) is 13.9. The lowest BCUT2D eigenvalue weighted by Gasteiger charge is -2.07. The first-order valence-corrected chi connectivity index (χ1v) is 11.1. The van der Waals surface area contributed by atoms with Gasteiger partial charge in [0.05, 0.1) is 22.5 Å². The number of benzene rings is 2. The van der Waals surface area contributed by atoms with Crippen LogP contribution < -0.4 is 10.6 Å². The van der Waals surface area contributed by atoms with E-state index in [2.05, 4.69) is 15.7 Å². The molecule has 152 valence electrons. The van der Waals surface area contributed by atoms with Crippen molar-refractivity contribution in [3.05, 3.63) is 77.6 Å². The van der Waals surface area contributed by atoms with Gasteiger partial charge in [0.1, 0.15) is 0 Å². The molecular formula is C20H21ClN4O3S. The van der Waals surface area contributed by atoms with Crippen molar-refractivity contribution in [2.24, 2.45) is 0 Å². The molecule has 0 bridgehead atoms. The van der Waals surface area contributed by atoms with Gasteiger partial charge in [-0.3, -0.25) is 0 Å². The molecule has 2 aromatic carbocycles. The summed E-state index contributed by atoms with van der Waals surface area (Å²) in [6, 6.07) is 15.2. The first kappa shape index (κ1) is 20.9. The molecule has 3 aromatic rings. The number of rotatable bonds is 8. The van der Waals surface area contributed by atoms with Crippen molar-refractivity contribution in [2.45, 2.75) is 17.9 Å². The molecule has 2 amide bonds. The SMILES string of the molecule is O=C(NCCCS(=O)(=O)c1ccccc1)NCc1cnn(-c2ccc(Cl)cc2)c1. The highest BCUT2D eigenvalue weighted by molar-refractivity contribution is 7.91. The molecule has 0 aliphatic heterocycles. The predicted molar refractivity (Wildman–Crippen MR) is 112 cm³/mol. The van der Waals surface area contributed by atoms with E-state index in [4.69, 9.17) is 11.6 Å². The van der Waals surface area contributed by atoms with Gasteiger partial charge in [0, 0.05) is 29.9 Å². The Bertz CT molecular complexity index is 1050. The molecular weight excluding hydrogens is 412 g/mol. The molecule has 2 N–H and O–H groups in total. The van der Waals surface area contributed by atoms with Crippen molar-refractivity contribution < 1.29 is 13.2 Å². The molecule has 0 atom stereocenters. The summed E-state index contributed by atoms with van der Waals surface area (Å²) in [7, 11) is -3.33.